The van der Waals surface area contributed by atoms with E-state index in [9.17, 15) is 10.1 Å². The molecule has 1 fully saturated rings. The van der Waals surface area contributed by atoms with Crippen LogP contribution in [0.5, 0.6) is 0 Å². The van der Waals surface area contributed by atoms with Gasteiger partial charge in [-0.05, 0) is 51.2 Å². The van der Waals surface area contributed by atoms with Gasteiger partial charge in [0.1, 0.15) is 5.54 Å². The molecule has 154 valence electrons. The van der Waals surface area contributed by atoms with Gasteiger partial charge in [0, 0.05) is 37.7 Å². The van der Waals surface area contributed by atoms with Crippen molar-refractivity contribution in [2.75, 3.05) is 19.0 Å². The van der Waals surface area contributed by atoms with Crippen LogP contribution >= 0.6 is 11.8 Å². The highest BCUT2D eigenvalue weighted by Crippen LogP contribution is 2.29. The molecule has 0 saturated heterocycles. The molecule has 0 spiro atoms. The van der Waals surface area contributed by atoms with Crippen LogP contribution in [0.3, 0.4) is 0 Å². The van der Waals surface area contributed by atoms with Gasteiger partial charge >= 0.3 is 0 Å². The third kappa shape index (κ3) is 5.55. The lowest BCUT2D eigenvalue weighted by Gasteiger charge is -2.21. The van der Waals surface area contributed by atoms with Crippen molar-refractivity contribution in [2.24, 2.45) is 0 Å². The molecule has 0 unspecified atom stereocenters. The summed E-state index contributed by atoms with van der Waals surface area (Å²) in [6, 6.07) is 6.07. The number of ether oxygens (including phenoxy) is 1. The summed E-state index contributed by atoms with van der Waals surface area (Å²) in [5.74, 6) is 0.799. The number of thioether (sulfide) groups is 1. The molecule has 0 aliphatic heterocycles. The first-order chi connectivity index (χ1) is 14.2. The van der Waals surface area contributed by atoms with Gasteiger partial charge in [-0.25, -0.2) is 0 Å². The molecule has 0 aromatic carbocycles. The summed E-state index contributed by atoms with van der Waals surface area (Å²) in [5.41, 5.74) is 0.222. The largest absolute Gasteiger partial charge is 0.382 e. The van der Waals surface area contributed by atoms with E-state index in [1.54, 1.807) is 12.4 Å². The monoisotopic (exact) mass is 414 g/mol. The van der Waals surface area contributed by atoms with Crippen LogP contribution in [0, 0.1) is 11.3 Å². The number of aromatic nitrogens is 4. The van der Waals surface area contributed by atoms with Gasteiger partial charge in [-0.15, -0.1) is 10.2 Å². The van der Waals surface area contributed by atoms with Gasteiger partial charge in [0.05, 0.1) is 11.8 Å². The Bertz CT molecular complexity index is 842. The summed E-state index contributed by atoms with van der Waals surface area (Å²) in [5, 5.41) is 21.7. The van der Waals surface area contributed by atoms with Gasteiger partial charge in [-0.1, -0.05) is 11.8 Å². The van der Waals surface area contributed by atoms with Gasteiger partial charge in [0.2, 0.25) is 5.91 Å². The number of pyridine rings is 1. The molecule has 2 aromatic heterocycles. The summed E-state index contributed by atoms with van der Waals surface area (Å²) >= 11 is 1.34. The number of amides is 1. The lowest BCUT2D eigenvalue weighted by atomic mass is 10.0. The average Bonchev–Trinajstić information content (AvgIpc) is 3.38. The zero-order valence-electron chi connectivity index (χ0n) is 16.6. The van der Waals surface area contributed by atoms with E-state index in [0.29, 0.717) is 24.9 Å². The van der Waals surface area contributed by atoms with Crippen molar-refractivity contribution < 1.29 is 9.53 Å². The van der Waals surface area contributed by atoms with E-state index in [2.05, 4.69) is 26.6 Å². The second-order valence-corrected chi connectivity index (χ2v) is 7.92. The summed E-state index contributed by atoms with van der Waals surface area (Å²) in [7, 11) is 0. The molecule has 2 aromatic rings. The van der Waals surface area contributed by atoms with E-state index in [4.69, 9.17) is 4.74 Å². The predicted octanol–water partition coefficient (Wildman–Crippen LogP) is 2.81. The Morgan fingerprint density at radius 1 is 1.34 bits per heavy atom. The van der Waals surface area contributed by atoms with Crippen molar-refractivity contribution in [3.05, 3.63) is 24.5 Å². The Kier molecular flexibility index (Phi) is 7.61. The lowest BCUT2D eigenvalue weighted by molar-refractivity contribution is -0.119. The minimum absolute atomic E-state index is 0.146. The summed E-state index contributed by atoms with van der Waals surface area (Å²) in [4.78, 5) is 16.5. The normalized spacial score (nSPS) is 15.2. The molecule has 1 aliphatic carbocycles. The van der Waals surface area contributed by atoms with Gasteiger partial charge < -0.3 is 14.6 Å². The molecule has 2 heterocycles. The number of carbonyl (C=O) groups is 1. The van der Waals surface area contributed by atoms with E-state index in [1.165, 1.54) is 11.8 Å². The summed E-state index contributed by atoms with van der Waals surface area (Å²) in [6.07, 6.45) is 7.66. The Hall–Kier alpha value is -2.44. The number of hydrogen-bond donors (Lipinski definition) is 1. The molecule has 9 heteroatoms. The van der Waals surface area contributed by atoms with Crippen LogP contribution in [-0.2, 0) is 16.1 Å². The van der Waals surface area contributed by atoms with E-state index in [0.717, 1.165) is 43.5 Å². The first-order valence-corrected chi connectivity index (χ1v) is 10.9. The van der Waals surface area contributed by atoms with Crippen molar-refractivity contribution in [3.8, 4) is 17.5 Å². The van der Waals surface area contributed by atoms with Crippen LogP contribution in [0.25, 0.3) is 11.4 Å². The van der Waals surface area contributed by atoms with Gasteiger partial charge in [0.25, 0.3) is 0 Å². The third-order valence-corrected chi connectivity index (χ3v) is 5.88. The third-order valence-electron chi connectivity index (χ3n) is 4.91. The molecule has 1 N–H and O–H groups in total. The highest BCUT2D eigenvalue weighted by Gasteiger charge is 2.35. The minimum Gasteiger partial charge on any atom is -0.382 e. The molecule has 0 bridgehead atoms. The van der Waals surface area contributed by atoms with E-state index in [-0.39, 0.29) is 11.7 Å². The summed E-state index contributed by atoms with van der Waals surface area (Å²) in [6.45, 7) is 4.00. The van der Waals surface area contributed by atoms with Gasteiger partial charge in [0.15, 0.2) is 11.0 Å². The van der Waals surface area contributed by atoms with Crippen molar-refractivity contribution in [3.63, 3.8) is 0 Å². The molecule has 0 radical (unpaired) electrons. The number of hydrogen-bond acceptors (Lipinski definition) is 7. The Morgan fingerprint density at radius 3 is 2.79 bits per heavy atom. The maximum atomic E-state index is 12.5. The fourth-order valence-electron chi connectivity index (χ4n) is 3.46. The van der Waals surface area contributed by atoms with E-state index < -0.39 is 5.54 Å². The smallest absolute Gasteiger partial charge is 0.231 e. The molecular formula is C20H26N6O2S. The quantitative estimate of drug-likeness (QED) is 0.471. The van der Waals surface area contributed by atoms with Crippen molar-refractivity contribution >= 4 is 17.7 Å². The molecule has 3 rings (SSSR count). The van der Waals surface area contributed by atoms with Gasteiger partial charge in [-0.2, -0.15) is 5.26 Å². The van der Waals surface area contributed by atoms with E-state index in [1.807, 2.05) is 23.6 Å². The standard InChI is InChI=1S/C20H26N6O2S/c1-2-28-13-5-12-26-18(16-6-10-22-11-7-16)24-25-19(26)29-14-17(27)23-20(15-21)8-3-4-9-20/h6-7,10-11H,2-5,8-9,12-14H2,1H3,(H,23,27). The van der Waals surface area contributed by atoms with Crippen molar-refractivity contribution in [1.82, 2.24) is 25.1 Å². The molecule has 29 heavy (non-hydrogen) atoms. The molecule has 1 aliphatic rings. The lowest BCUT2D eigenvalue weighted by Crippen LogP contribution is -2.45. The number of nitriles is 1. The molecule has 8 nitrogen and oxygen atoms in total. The Labute approximate surface area is 175 Å². The Morgan fingerprint density at radius 2 is 2.10 bits per heavy atom. The first-order valence-electron chi connectivity index (χ1n) is 9.94. The Balaban J connectivity index is 1.68. The average molecular weight is 415 g/mol. The maximum Gasteiger partial charge on any atom is 0.231 e. The molecule has 0 atom stereocenters. The van der Waals surface area contributed by atoms with Gasteiger partial charge in [-0.3, -0.25) is 9.78 Å². The molecular weight excluding hydrogens is 388 g/mol. The highest BCUT2D eigenvalue weighted by atomic mass is 32.2. The molecule has 1 saturated carbocycles. The zero-order chi connectivity index (χ0) is 20.5. The van der Waals surface area contributed by atoms with Crippen LogP contribution in [0.2, 0.25) is 0 Å². The van der Waals surface area contributed by atoms with E-state index >= 15 is 0 Å². The van der Waals surface area contributed by atoms with Crippen molar-refractivity contribution in [1.29, 1.82) is 5.26 Å². The second-order valence-electron chi connectivity index (χ2n) is 6.98. The minimum atomic E-state index is -0.703. The zero-order valence-corrected chi connectivity index (χ0v) is 17.5. The SMILES string of the molecule is CCOCCCn1c(SCC(=O)NC2(C#N)CCCC2)nnc1-c1ccncc1. The number of rotatable bonds is 10. The first kappa shape index (κ1) is 21.3. The number of nitrogens with one attached hydrogen (secondary N) is 1. The second kappa shape index (κ2) is 10.4. The molecule has 1 amide bonds. The highest BCUT2D eigenvalue weighted by molar-refractivity contribution is 7.99. The topological polar surface area (TPSA) is 106 Å². The van der Waals surface area contributed by atoms with Crippen LogP contribution in [-0.4, -0.2) is 50.2 Å². The van der Waals surface area contributed by atoms with Crippen molar-refractivity contribution in [2.45, 2.75) is 56.3 Å². The maximum absolute atomic E-state index is 12.5. The fourth-order valence-corrected chi connectivity index (χ4v) is 4.22. The van der Waals surface area contributed by atoms with Crippen LogP contribution < -0.4 is 5.32 Å². The van der Waals surface area contributed by atoms with Crippen LogP contribution in [0.1, 0.15) is 39.0 Å². The van der Waals surface area contributed by atoms with Crippen LogP contribution in [0.4, 0.5) is 0 Å². The number of nitrogens with zero attached hydrogens (tertiary/aromatic N) is 5. The van der Waals surface area contributed by atoms with Crippen LogP contribution in [0.15, 0.2) is 29.7 Å². The number of carbonyl (C=O) groups excluding carboxylic acids is 1. The summed E-state index contributed by atoms with van der Waals surface area (Å²) < 4.78 is 7.46. The predicted molar refractivity (Wildman–Crippen MR) is 110 cm³/mol. The fraction of sp³-hybridized carbons (Fsp3) is 0.550.